The van der Waals surface area contributed by atoms with Crippen LogP contribution in [0.1, 0.15) is 6.92 Å². The summed E-state index contributed by atoms with van der Waals surface area (Å²) in [5.41, 5.74) is 7.22. The maximum absolute atomic E-state index is 12.1. The van der Waals surface area contributed by atoms with Crippen LogP contribution in [0.2, 0.25) is 0 Å². The average Bonchev–Trinajstić information content (AvgIpc) is 2.41. The molecule has 1 unspecified atom stereocenters. The molecule has 0 aliphatic rings. The van der Waals surface area contributed by atoms with Crippen LogP contribution in [0.4, 0.5) is 11.4 Å². The summed E-state index contributed by atoms with van der Waals surface area (Å²) in [4.78, 5) is 13.1. The van der Waals surface area contributed by atoms with Crippen molar-refractivity contribution in [3.8, 4) is 0 Å². The van der Waals surface area contributed by atoms with Crippen molar-refractivity contribution >= 4 is 45.0 Å². The molecule has 104 valence electrons. The number of thioether (sulfide) groups is 1. The number of anilines is 2. The topological polar surface area (TPSA) is 55.1 Å². The molecule has 20 heavy (non-hydrogen) atoms. The second-order valence-corrected chi connectivity index (χ2v) is 6.66. The zero-order valence-electron chi connectivity index (χ0n) is 11.0. The molecule has 2 rings (SSSR count). The summed E-state index contributed by atoms with van der Waals surface area (Å²) in [5, 5.41) is 2.70. The highest BCUT2D eigenvalue weighted by atomic mass is 79.9. The summed E-state index contributed by atoms with van der Waals surface area (Å²) >= 11 is 4.85. The van der Waals surface area contributed by atoms with E-state index < -0.39 is 0 Å². The van der Waals surface area contributed by atoms with Crippen molar-refractivity contribution in [3.63, 3.8) is 0 Å². The Morgan fingerprint density at radius 1 is 1.25 bits per heavy atom. The van der Waals surface area contributed by atoms with Crippen LogP contribution in [-0.4, -0.2) is 11.2 Å². The first-order chi connectivity index (χ1) is 9.54. The Bertz CT molecular complexity index is 601. The number of nitrogens with one attached hydrogen (secondary N) is 1. The standard InChI is InChI=1S/C15H15BrN2OS/c1-10(20-14-4-2-3-12(17)9-14)15(19)18-13-7-5-11(16)6-8-13/h2-10H,17H2,1H3,(H,18,19). The lowest BCUT2D eigenvalue weighted by molar-refractivity contribution is -0.115. The highest BCUT2D eigenvalue weighted by Gasteiger charge is 2.14. The molecule has 0 aliphatic carbocycles. The third-order valence-corrected chi connectivity index (χ3v) is 4.27. The van der Waals surface area contributed by atoms with Crippen LogP contribution in [0.3, 0.4) is 0 Å². The van der Waals surface area contributed by atoms with Crippen LogP contribution >= 0.6 is 27.7 Å². The van der Waals surface area contributed by atoms with Gasteiger partial charge in [0.05, 0.1) is 5.25 Å². The molecule has 0 saturated carbocycles. The number of carbonyl (C=O) groups is 1. The van der Waals surface area contributed by atoms with Gasteiger partial charge in [-0.05, 0) is 49.4 Å². The smallest absolute Gasteiger partial charge is 0.237 e. The Balaban J connectivity index is 1.96. The minimum absolute atomic E-state index is 0.0280. The largest absolute Gasteiger partial charge is 0.399 e. The van der Waals surface area contributed by atoms with E-state index in [9.17, 15) is 4.79 Å². The second kappa shape index (κ2) is 6.81. The molecule has 1 atom stereocenters. The third kappa shape index (κ3) is 4.28. The molecule has 2 aromatic carbocycles. The highest BCUT2D eigenvalue weighted by Crippen LogP contribution is 2.25. The summed E-state index contributed by atoms with van der Waals surface area (Å²) < 4.78 is 0.984. The van der Waals surface area contributed by atoms with Crippen molar-refractivity contribution in [2.24, 2.45) is 0 Å². The molecule has 0 spiro atoms. The fourth-order valence-corrected chi connectivity index (χ4v) is 2.82. The fraction of sp³-hybridized carbons (Fsp3) is 0.133. The van der Waals surface area contributed by atoms with Gasteiger partial charge in [0.1, 0.15) is 0 Å². The first-order valence-electron chi connectivity index (χ1n) is 6.13. The zero-order valence-corrected chi connectivity index (χ0v) is 13.4. The van der Waals surface area contributed by atoms with E-state index in [0.717, 1.165) is 15.1 Å². The van der Waals surface area contributed by atoms with E-state index in [2.05, 4.69) is 21.2 Å². The molecule has 0 fully saturated rings. The van der Waals surface area contributed by atoms with Gasteiger partial charge in [0, 0.05) is 20.7 Å². The lowest BCUT2D eigenvalue weighted by Gasteiger charge is -2.12. The highest BCUT2D eigenvalue weighted by molar-refractivity contribution is 9.10. The number of carbonyl (C=O) groups excluding carboxylic acids is 1. The molecule has 0 radical (unpaired) electrons. The van der Waals surface area contributed by atoms with E-state index >= 15 is 0 Å². The zero-order chi connectivity index (χ0) is 14.5. The van der Waals surface area contributed by atoms with Crippen LogP contribution in [0.5, 0.6) is 0 Å². The Labute approximate surface area is 131 Å². The van der Waals surface area contributed by atoms with E-state index in [4.69, 9.17) is 5.73 Å². The Kier molecular flexibility index (Phi) is 5.09. The van der Waals surface area contributed by atoms with Crippen LogP contribution in [-0.2, 0) is 4.79 Å². The number of rotatable bonds is 4. The molecular formula is C15H15BrN2OS. The number of amides is 1. The van der Waals surface area contributed by atoms with E-state index in [1.807, 2.05) is 55.5 Å². The van der Waals surface area contributed by atoms with Gasteiger partial charge in [-0.15, -0.1) is 11.8 Å². The van der Waals surface area contributed by atoms with Crippen molar-refractivity contribution in [2.45, 2.75) is 17.1 Å². The Morgan fingerprint density at radius 3 is 2.60 bits per heavy atom. The van der Waals surface area contributed by atoms with Crippen molar-refractivity contribution < 1.29 is 4.79 Å². The van der Waals surface area contributed by atoms with Gasteiger partial charge < -0.3 is 11.1 Å². The molecule has 0 bridgehead atoms. The lowest BCUT2D eigenvalue weighted by atomic mass is 10.3. The number of halogens is 1. The van der Waals surface area contributed by atoms with Crippen molar-refractivity contribution in [1.29, 1.82) is 0 Å². The van der Waals surface area contributed by atoms with Crippen molar-refractivity contribution in [3.05, 3.63) is 53.0 Å². The van der Waals surface area contributed by atoms with E-state index in [0.29, 0.717) is 5.69 Å². The summed E-state index contributed by atoms with van der Waals surface area (Å²) in [5.74, 6) is -0.0280. The Hall–Kier alpha value is -1.46. The van der Waals surface area contributed by atoms with Crippen molar-refractivity contribution in [2.75, 3.05) is 11.1 Å². The van der Waals surface area contributed by atoms with Gasteiger partial charge >= 0.3 is 0 Å². The molecule has 1 amide bonds. The van der Waals surface area contributed by atoms with Gasteiger partial charge in [-0.3, -0.25) is 4.79 Å². The first kappa shape index (κ1) is 14.9. The van der Waals surface area contributed by atoms with Gasteiger partial charge in [0.2, 0.25) is 5.91 Å². The minimum Gasteiger partial charge on any atom is -0.399 e. The molecule has 3 N–H and O–H groups in total. The Morgan fingerprint density at radius 2 is 1.95 bits per heavy atom. The summed E-state index contributed by atoms with van der Waals surface area (Å²) in [6, 6.07) is 15.0. The summed E-state index contributed by atoms with van der Waals surface area (Å²) in [7, 11) is 0. The van der Waals surface area contributed by atoms with Gasteiger partial charge in [-0.2, -0.15) is 0 Å². The van der Waals surface area contributed by atoms with Crippen LogP contribution in [0.15, 0.2) is 57.9 Å². The second-order valence-electron chi connectivity index (χ2n) is 4.33. The predicted octanol–water partition coefficient (Wildman–Crippen LogP) is 4.15. The first-order valence-corrected chi connectivity index (χ1v) is 7.80. The fourth-order valence-electron chi connectivity index (χ4n) is 1.62. The molecule has 3 nitrogen and oxygen atoms in total. The number of nitrogens with two attached hydrogens (primary N) is 1. The van der Waals surface area contributed by atoms with Gasteiger partial charge in [-0.1, -0.05) is 22.0 Å². The summed E-state index contributed by atoms with van der Waals surface area (Å²) in [6.07, 6.45) is 0. The maximum Gasteiger partial charge on any atom is 0.237 e. The van der Waals surface area contributed by atoms with E-state index in [1.54, 1.807) is 0 Å². The van der Waals surface area contributed by atoms with Gasteiger partial charge in [0.15, 0.2) is 0 Å². The minimum atomic E-state index is -0.194. The molecule has 0 aliphatic heterocycles. The number of nitrogen functional groups attached to an aromatic ring is 1. The van der Waals surface area contributed by atoms with Gasteiger partial charge in [0.25, 0.3) is 0 Å². The average molecular weight is 351 g/mol. The van der Waals surface area contributed by atoms with Crippen LogP contribution in [0.25, 0.3) is 0 Å². The lowest BCUT2D eigenvalue weighted by Crippen LogP contribution is -2.22. The van der Waals surface area contributed by atoms with Crippen LogP contribution in [0, 0.1) is 0 Å². The number of hydrogen-bond donors (Lipinski definition) is 2. The molecular weight excluding hydrogens is 336 g/mol. The molecule has 0 saturated heterocycles. The normalized spacial score (nSPS) is 11.9. The SMILES string of the molecule is CC(Sc1cccc(N)c1)C(=O)Nc1ccc(Br)cc1. The maximum atomic E-state index is 12.1. The molecule has 2 aromatic rings. The van der Waals surface area contributed by atoms with Crippen LogP contribution < -0.4 is 11.1 Å². The van der Waals surface area contributed by atoms with Crippen molar-refractivity contribution in [1.82, 2.24) is 0 Å². The quantitative estimate of drug-likeness (QED) is 0.643. The number of hydrogen-bond acceptors (Lipinski definition) is 3. The van der Waals surface area contributed by atoms with Gasteiger partial charge in [-0.25, -0.2) is 0 Å². The molecule has 5 heteroatoms. The molecule has 0 heterocycles. The van der Waals surface area contributed by atoms with E-state index in [1.165, 1.54) is 11.8 Å². The third-order valence-electron chi connectivity index (χ3n) is 2.65. The molecule has 0 aromatic heterocycles. The monoisotopic (exact) mass is 350 g/mol. The predicted molar refractivity (Wildman–Crippen MR) is 88.9 cm³/mol. The van der Waals surface area contributed by atoms with E-state index in [-0.39, 0.29) is 11.2 Å². The summed E-state index contributed by atoms with van der Waals surface area (Å²) in [6.45, 7) is 1.88. The number of benzene rings is 2.